The number of nitrogens with one attached hydrogen (secondary N) is 1. The predicted octanol–water partition coefficient (Wildman–Crippen LogP) is 1.95. The van der Waals surface area contributed by atoms with Gasteiger partial charge in [0.25, 0.3) is 0 Å². The Kier molecular flexibility index (Phi) is 4.07. The third-order valence-corrected chi connectivity index (χ3v) is 4.47. The molecule has 1 aromatic rings. The maximum absolute atomic E-state index is 4.42. The van der Waals surface area contributed by atoms with Crippen molar-refractivity contribution in [2.75, 3.05) is 20.6 Å². The van der Waals surface area contributed by atoms with Crippen LogP contribution in [0.1, 0.15) is 44.5 Å². The normalized spacial score (nSPS) is 20.5. The Morgan fingerprint density at radius 2 is 2.11 bits per heavy atom. The second kappa shape index (κ2) is 5.41. The highest BCUT2D eigenvalue weighted by molar-refractivity contribution is 5.00. The van der Waals surface area contributed by atoms with E-state index in [1.165, 1.54) is 25.7 Å². The third-order valence-electron chi connectivity index (χ3n) is 4.47. The summed E-state index contributed by atoms with van der Waals surface area (Å²) in [6, 6.07) is 0.308. The molecule has 1 aliphatic carbocycles. The molecule has 1 aromatic heterocycles. The van der Waals surface area contributed by atoms with Crippen LogP contribution in [0.5, 0.6) is 0 Å². The lowest BCUT2D eigenvalue weighted by molar-refractivity contribution is 0.149. The Labute approximate surface area is 110 Å². The summed E-state index contributed by atoms with van der Waals surface area (Å²) in [4.78, 5) is 6.82. The zero-order valence-corrected chi connectivity index (χ0v) is 12.1. The fourth-order valence-electron chi connectivity index (χ4n) is 3.04. The van der Waals surface area contributed by atoms with E-state index in [0.29, 0.717) is 11.6 Å². The van der Waals surface area contributed by atoms with Gasteiger partial charge in [-0.25, -0.2) is 4.98 Å². The molecule has 2 rings (SSSR count). The van der Waals surface area contributed by atoms with Crippen LogP contribution < -0.4 is 5.32 Å². The molecule has 1 saturated carbocycles. The molecule has 1 aliphatic rings. The minimum Gasteiger partial charge on any atom is -0.337 e. The summed E-state index contributed by atoms with van der Waals surface area (Å²) in [7, 11) is 6.47. The highest BCUT2D eigenvalue weighted by Gasteiger charge is 2.35. The van der Waals surface area contributed by atoms with Crippen LogP contribution in [-0.2, 0) is 7.05 Å². The number of imidazole rings is 1. The SMILES string of the molecule is CC(NCC1(N(C)C)CCCC1)c1nccn1C. The number of hydrogen-bond acceptors (Lipinski definition) is 3. The lowest BCUT2D eigenvalue weighted by Crippen LogP contribution is -2.50. The summed E-state index contributed by atoms with van der Waals surface area (Å²) in [5.41, 5.74) is 0.347. The van der Waals surface area contributed by atoms with Gasteiger partial charge < -0.3 is 14.8 Å². The standard InChI is InChI=1S/C14H26N4/c1-12(13-15-9-10-18(13)4)16-11-14(17(2)3)7-5-6-8-14/h9-10,12,16H,5-8,11H2,1-4H3. The van der Waals surface area contributed by atoms with Gasteiger partial charge in [-0.05, 0) is 33.9 Å². The Morgan fingerprint density at radius 1 is 1.44 bits per heavy atom. The minimum atomic E-state index is 0.308. The van der Waals surface area contributed by atoms with Crippen molar-refractivity contribution in [3.63, 3.8) is 0 Å². The molecule has 0 amide bonds. The van der Waals surface area contributed by atoms with Gasteiger partial charge >= 0.3 is 0 Å². The summed E-state index contributed by atoms with van der Waals surface area (Å²) in [6.45, 7) is 3.24. The average Bonchev–Trinajstić information content (AvgIpc) is 2.95. The van der Waals surface area contributed by atoms with Gasteiger partial charge in [0, 0.05) is 31.5 Å². The lowest BCUT2D eigenvalue weighted by atomic mass is 9.95. The predicted molar refractivity (Wildman–Crippen MR) is 74.5 cm³/mol. The average molecular weight is 250 g/mol. The zero-order valence-electron chi connectivity index (χ0n) is 12.1. The molecule has 1 atom stereocenters. The summed E-state index contributed by atoms with van der Waals surface area (Å²) in [6.07, 6.45) is 9.20. The van der Waals surface area contributed by atoms with E-state index in [-0.39, 0.29) is 0 Å². The van der Waals surface area contributed by atoms with Crippen LogP contribution in [0.2, 0.25) is 0 Å². The quantitative estimate of drug-likeness (QED) is 0.867. The van der Waals surface area contributed by atoms with E-state index >= 15 is 0 Å². The Bertz CT molecular complexity index is 377. The number of rotatable bonds is 5. The number of hydrogen-bond donors (Lipinski definition) is 1. The van der Waals surface area contributed by atoms with E-state index in [0.717, 1.165) is 12.4 Å². The van der Waals surface area contributed by atoms with Gasteiger partial charge in [0.2, 0.25) is 0 Å². The maximum atomic E-state index is 4.42. The monoisotopic (exact) mass is 250 g/mol. The van der Waals surface area contributed by atoms with Crippen LogP contribution in [0.15, 0.2) is 12.4 Å². The van der Waals surface area contributed by atoms with Crippen LogP contribution in [0.3, 0.4) is 0 Å². The fraction of sp³-hybridized carbons (Fsp3) is 0.786. The van der Waals surface area contributed by atoms with E-state index in [2.05, 4.69) is 47.8 Å². The number of nitrogens with zero attached hydrogens (tertiary/aromatic N) is 3. The molecule has 0 radical (unpaired) electrons. The molecule has 0 spiro atoms. The van der Waals surface area contributed by atoms with E-state index in [9.17, 15) is 0 Å². The summed E-state index contributed by atoms with van der Waals surface area (Å²) >= 11 is 0. The Morgan fingerprint density at radius 3 is 2.61 bits per heavy atom. The first kappa shape index (κ1) is 13.6. The van der Waals surface area contributed by atoms with E-state index in [1.54, 1.807) is 0 Å². The van der Waals surface area contributed by atoms with E-state index in [4.69, 9.17) is 0 Å². The summed E-state index contributed by atoms with van der Waals surface area (Å²) in [5.74, 6) is 1.11. The van der Waals surface area contributed by atoms with Gasteiger partial charge in [-0.1, -0.05) is 12.8 Å². The van der Waals surface area contributed by atoms with Crippen LogP contribution in [0.4, 0.5) is 0 Å². The van der Waals surface area contributed by atoms with Crippen molar-refractivity contribution in [3.8, 4) is 0 Å². The van der Waals surface area contributed by atoms with Gasteiger partial charge in [-0.3, -0.25) is 0 Å². The number of aryl methyl sites for hydroxylation is 1. The summed E-state index contributed by atoms with van der Waals surface area (Å²) in [5, 5.41) is 3.66. The molecule has 1 fully saturated rings. The summed E-state index contributed by atoms with van der Waals surface area (Å²) < 4.78 is 2.09. The first-order valence-corrected chi connectivity index (χ1v) is 6.93. The molecule has 102 valence electrons. The molecule has 0 aliphatic heterocycles. The van der Waals surface area contributed by atoms with Crippen LogP contribution in [-0.4, -0.2) is 40.6 Å². The zero-order chi connectivity index (χ0) is 13.2. The van der Waals surface area contributed by atoms with Crippen molar-refractivity contribution in [1.82, 2.24) is 19.8 Å². The largest absolute Gasteiger partial charge is 0.337 e. The molecular formula is C14H26N4. The third kappa shape index (κ3) is 2.59. The molecule has 18 heavy (non-hydrogen) atoms. The van der Waals surface area contributed by atoms with Crippen molar-refractivity contribution >= 4 is 0 Å². The first-order valence-electron chi connectivity index (χ1n) is 6.93. The number of likely N-dealkylation sites (N-methyl/N-ethyl adjacent to an activating group) is 1. The van der Waals surface area contributed by atoms with Gasteiger partial charge in [-0.2, -0.15) is 0 Å². The molecule has 1 N–H and O–H groups in total. The smallest absolute Gasteiger partial charge is 0.125 e. The van der Waals surface area contributed by atoms with Gasteiger partial charge in [0.1, 0.15) is 5.82 Å². The van der Waals surface area contributed by atoms with Crippen molar-refractivity contribution in [2.45, 2.75) is 44.2 Å². The molecule has 1 unspecified atom stereocenters. The van der Waals surface area contributed by atoms with Gasteiger partial charge in [-0.15, -0.1) is 0 Å². The second-order valence-electron chi connectivity index (χ2n) is 5.82. The fourth-order valence-corrected chi connectivity index (χ4v) is 3.04. The Hall–Kier alpha value is -0.870. The van der Waals surface area contributed by atoms with E-state index in [1.807, 2.05) is 12.4 Å². The van der Waals surface area contributed by atoms with Gasteiger partial charge in [0.05, 0.1) is 6.04 Å². The van der Waals surface area contributed by atoms with Crippen molar-refractivity contribution in [1.29, 1.82) is 0 Å². The molecule has 1 heterocycles. The highest BCUT2D eigenvalue weighted by Crippen LogP contribution is 2.33. The molecule has 0 saturated heterocycles. The first-order chi connectivity index (χ1) is 8.55. The molecular weight excluding hydrogens is 224 g/mol. The number of aromatic nitrogens is 2. The maximum Gasteiger partial charge on any atom is 0.125 e. The molecule has 0 aromatic carbocycles. The second-order valence-corrected chi connectivity index (χ2v) is 5.82. The highest BCUT2D eigenvalue weighted by atomic mass is 15.2. The van der Waals surface area contributed by atoms with Crippen molar-refractivity contribution < 1.29 is 0 Å². The topological polar surface area (TPSA) is 33.1 Å². The molecule has 0 bridgehead atoms. The van der Waals surface area contributed by atoms with Crippen LogP contribution >= 0.6 is 0 Å². The Balaban J connectivity index is 1.96. The van der Waals surface area contributed by atoms with Crippen LogP contribution in [0.25, 0.3) is 0 Å². The van der Waals surface area contributed by atoms with Crippen molar-refractivity contribution in [2.24, 2.45) is 7.05 Å². The molecule has 4 nitrogen and oxygen atoms in total. The lowest BCUT2D eigenvalue weighted by Gasteiger charge is -2.37. The van der Waals surface area contributed by atoms with Gasteiger partial charge in [0.15, 0.2) is 0 Å². The van der Waals surface area contributed by atoms with Crippen molar-refractivity contribution in [3.05, 3.63) is 18.2 Å². The van der Waals surface area contributed by atoms with Crippen LogP contribution in [0, 0.1) is 0 Å². The molecule has 4 heteroatoms. The minimum absolute atomic E-state index is 0.308. The van der Waals surface area contributed by atoms with E-state index < -0.39 is 0 Å².